The first-order valence-corrected chi connectivity index (χ1v) is 10.4. The summed E-state index contributed by atoms with van der Waals surface area (Å²) >= 11 is 0. The van der Waals surface area contributed by atoms with Crippen LogP contribution in [0.15, 0.2) is 52.2 Å². The van der Waals surface area contributed by atoms with Gasteiger partial charge in [0.2, 0.25) is 11.6 Å². The molecule has 0 atom stereocenters. The smallest absolute Gasteiger partial charge is 0.294 e. The summed E-state index contributed by atoms with van der Waals surface area (Å²) in [7, 11) is 3.04. The quantitative estimate of drug-likeness (QED) is 0.269. The number of rotatable bonds is 9. The van der Waals surface area contributed by atoms with Crippen LogP contribution in [0.3, 0.4) is 0 Å². The number of carbonyl (C=O) groups excluding carboxylic acids is 1. The Morgan fingerprint density at radius 3 is 2.63 bits per heavy atom. The molecule has 3 N–H and O–H groups in total. The van der Waals surface area contributed by atoms with E-state index in [1.807, 2.05) is 6.92 Å². The summed E-state index contributed by atoms with van der Waals surface area (Å²) in [5, 5.41) is 19.4. The van der Waals surface area contributed by atoms with Crippen LogP contribution in [-0.2, 0) is 0 Å². The van der Waals surface area contributed by atoms with E-state index < -0.39 is 5.91 Å². The Hall–Kier alpha value is -4.94. The highest BCUT2D eigenvalue weighted by Gasteiger charge is 2.25. The minimum atomic E-state index is -0.617. The third-order valence-corrected chi connectivity index (χ3v) is 4.82. The summed E-state index contributed by atoms with van der Waals surface area (Å²) in [5.41, 5.74) is 9.78. The van der Waals surface area contributed by atoms with Crippen LogP contribution >= 0.6 is 0 Å². The molecule has 13 nitrogen and oxygen atoms in total. The second kappa shape index (κ2) is 10.3. The standard InChI is InChI=1S/C22H22N8O5/c1-4-34-15-10-8-13(9-11-15)18-17(25-29-30(18)21-20(23)27-35-28-21)22(31)26-24-12-14-6-5-7-16(32-2)19(14)33-3/h5-12H,4H2,1-3H3,(H2,23,27)(H,26,31)/b24-12-. The molecule has 0 aliphatic heterocycles. The van der Waals surface area contributed by atoms with Crippen LogP contribution in [-0.4, -0.2) is 58.3 Å². The number of hydrogen-bond acceptors (Lipinski definition) is 11. The Kier molecular flexibility index (Phi) is 6.86. The van der Waals surface area contributed by atoms with E-state index in [4.69, 9.17) is 19.9 Å². The molecule has 0 fully saturated rings. The van der Waals surface area contributed by atoms with Gasteiger partial charge in [-0.25, -0.2) is 10.1 Å². The SMILES string of the molecule is CCOc1ccc(-c2c(C(=O)N/N=C\c3cccc(OC)c3OC)nnn2-c2nonc2N)cc1. The van der Waals surface area contributed by atoms with Gasteiger partial charge < -0.3 is 19.9 Å². The molecule has 0 aliphatic rings. The van der Waals surface area contributed by atoms with Gasteiger partial charge in [0, 0.05) is 11.1 Å². The van der Waals surface area contributed by atoms with E-state index in [9.17, 15) is 4.79 Å². The second-order valence-corrected chi connectivity index (χ2v) is 6.91. The number of hydrogen-bond donors (Lipinski definition) is 2. The number of anilines is 1. The van der Waals surface area contributed by atoms with Crippen LogP contribution in [0.25, 0.3) is 17.1 Å². The van der Waals surface area contributed by atoms with Gasteiger partial charge in [0.05, 0.1) is 27.0 Å². The number of benzene rings is 2. The second-order valence-electron chi connectivity index (χ2n) is 6.91. The van der Waals surface area contributed by atoms with Crippen molar-refractivity contribution < 1.29 is 23.6 Å². The van der Waals surface area contributed by atoms with Crippen LogP contribution in [0, 0.1) is 0 Å². The van der Waals surface area contributed by atoms with Gasteiger partial charge in [0.15, 0.2) is 17.2 Å². The summed E-state index contributed by atoms with van der Waals surface area (Å²) in [4.78, 5) is 13.0. The topological polar surface area (TPSA) is 165 Å². The molecule has 0 bridgehead atoms. The van der Waals surface area contributed by atoms with E-state index in [0.717, 1.165) is 0 Å². The number of nitrogens with one attached hydrogen (secondary N) is 1. The maximum atomic E-state index is 13.0. The number of ether oxygens (including phenoxy) is 3. The number of methoxy groups -OCH3 is 2. The lowest BCUT2D eigenvalue weighted by atomic mass is 10.1. The van der Waals surface area contributed by atoms with Gasteiger partial charge in [0.1, 0.15) is 11.4 Å². The van der Waals surface area contributed by atoms with Crippen molar-refractivity contribution in [3.05, 3.63) is 53.7 Å². The highest BCUT2D eigenvalue weighted by Crippen LogP contribution is 2.30. The fourth-order valence-electron chi connectivity index (χ4n) is 3.28. The summed E-state index contributed by atoms with van der Waals surface area (Å²) in [5.74, 6) is 1.13. The first-order chi connectivity index (χ1) is 17.1. The number of para-hydroxylation sites is 1. The number of aromatic nitrogens is 5. The van der Waals surface area contributed by atoms with Crippen LogP contribution in [0.1, 0.15) is 23.0 Å². The lowest BCUT2D eigenvalue weighted by Crippen LogP contribution is -2.19. The molecule has 0 aliphatic carbocycles. The van der Waals surface area contributed by atoms with E-state index >= 15 is 0 Å². The van der Waals surface area contributed by atoms with Gasteiger partial charge in [-0.3, -0.25) is 4.79 Å². The third-order valence-electron chi connectivity index (χ3n) is 4.82. The monoisotopic (exact) mass is 478 g/mol. The predicted octanol–water partition coefficient (Wildman–Crippen LogP) is 2.08. The van der Waals surface area contributed by atoms with Crippen molar-refractivity contribution in [1.82, 2.24) is 30.7 Å². The van der Waals surface area contributed by atoms with Crippen molar-refractivity contribution in [3.8, 4) is 34.3 Å². The first-order valence-electron chi connectivity index (χ1n) is 10.4. The van der Waals surface area contributed by atoms with Crippen molar-refractivity contribution in [3.63, 3.8) is 0 Å². The van der Waals surface area contributed by atoms with Gasteiger partial charge in [-0.2, -0.15) is 9.78 Å². The number of carbonyl (C=O) groups is 1. The fraction of sp³-hybridized carbons (Fsp3) is 0.182. The van der Waals surface area contributed by atoms with Crippen molar-refractivity contribution >= 4 is 17.9 Å². The minimum absolute atomic E-state index is 0.0165. The zero-order valence-electron chi connectivity index (χ0n) is 19.1. The van der Waals surface area contributed by atoms with E-state index in [1.165, 1.54) is 25.1 Å². The van der Waals surface area contributed by atoms with E-state index in [-0.39, 0.29) is 17.3 Å². The highest BCUT2D eigenvalue weighted by atomic mass is 16.6. The first kappa shape index (κ1) is 23.2. The molecule has 35 heavy (non-hydrogen) atoms. The van der Waals surface area contributed by atoms with Gasteiger partial charge in [-0.15, -0.1) is 5.10 Å². The molecule has 1 amide bonds. The third kappa shape index (κ3) is 4.73. The normalized spacial score (nSPS) is 10.9. The van der Waals surface area contributed by atoms with Crippen LogP contribution in [0.5, 0.6) is 17.2 Å². The van der Waals surface area contributed by atoms with Gasteiger partial charge in [-0.05, 0) is 53.6 Å². The average molecular weight is 478 g/mol. The number of hydrazone groups is 1. The maximum Gasteiger partial charge on any atom is 0.294 e. The van der Waals surface area contributed by atoms with Gasteiger partial charge in [0.25, 0.3) is 5.91 Å². The van der Waals surface area contributed by atoms with Crippen molar-refractivity contribution in [2.24, 2.45) is 5.10 Å². The molecule has 180 valence electrons. The van der Waals surface area contributed by atoms with E-state index in [2.05, 4.69) is 35.8 Å². The minimum Gasteiger partial charge on any atom is -0.494 e. The molecule has 2 heterocycles. The van der Waals surface area contributed by atoms with Gasteiger partial charge >= 0.3 is 0 Å². The van der Waals surface area contributed by atoms with Crippen molar-refractivity contribution in [2.45, 2.75) is 6.92 Å². The molecule has 13 heteroatoms. The Morgan fingerprint density at radius 2 is 1.97 bits per heavy atom. The Labute approximate surface area is 199 Å². The van der Waals surface area contributed by atoms with Crippen LogP contribution in [0.2, 0.25) is 0 Å². The Morgan fingerprint density at radius 1 is 1.17 bits per heavy atom. The van der Waals surface area contributed by atoms with Crippen molar-refractivity contribution in [1.29, 1.82) is 0 Å². The highest BCUT2D eigenvalue weighted by molar-refractivity contribution is 5.99. The van der Waals surface area contributed by atoms with Crippen LogP contribution in [0.4, 0.5) is 5.82 Å². The number of amides is 1. The molecular formula is C22H22N8O5. The predicted molar refractivity (Wildman–Crippen MR) is 125 cm³/mol. The molecule has 0 saturated heterocycles. The molecule has 0 radical (unpaired) electrons. The van der Waals surface area contributed by atoms with Crippen molar-refractivity contribution in [2.75, 3.05) is 26.6 Å². The van der Waals surface area contributed by atoms with Gasteiger partial charge in [-0.1, -0.05) is 11.3 Å². The summed E-state index contributed by atoms with van der Waals surface area (Å²) in [6, 6.07) is 12.3. The lowest BCUT2D eigenvalue weighted by Gasteiger charge is -2.09. The zero-order chi connectivity index (χ0) is 24.8. The molecule has 0 spiro atoms. The zero-order valence-corrected chi connectivity index (χ0v) is 19.1. The summed E-state index contributed by atoms with van der Waals surface area (Å²) in [6.07, 6.45) is 1.43. The molecular weight excluding hydrogens is 456 g/mol. The lowest BCUT2D eigenvalue weighted by molar-refractivity contribution is 0.0950. The maximum absolute atomic E-state index is 13.0. The van der Waals surface area contributed by atoms with E-state index in [0.29, 0.717) is 40.7 Å². The Balaban J connectivity index is 1.67. The molecule has 4 rings (SSSR count). The number of nitrogens with zero attached hydrogens (tertiary/aromatic N) is 6. The molecule has 4 aromatic rings. The largest absolute Gasteiger partial charge is 0.494 e. The Bertz CT molecular complexity index is 1350. The summed E-state index contributed by atoms with van der Waals surface area (Å²) < 4.78 is 22.1. The van der Waals surface area contributed by atoms with Crippen LogP contribution < -0.4 is 25.4 Å². The van der Waals surface area contributed by atoms with E-state index in [1.54, 1.807) is 42.5 Å². The molecule has 2 aromatic heterocycles. The average Bonchev–Trinajstić information content (AvgIpc) is 3.50. The fourth-order valence-corrected chi connectivity index (χ4v) is 3.28. The number of nitrogens with two attached hydrogens (primary N) is 1. The number of nitrogen functional groups attached to an aromatic ring is 1. The molecule has 2 aromatic carbocycles. The molecule has 0 saturated carbocycles. The summed E-state index contributed by atoms with van der Waals surface area (Å²) in [6.45, 7) is 2.40. The molecule has 0 unspecified atom stereocenters.